The number of rotatable bonds is 7. The highest BCUT2D eigenvalue weighted by Crippen LogP contribution is 2.26. The smallest absolute Gasteiger partial charge is 0.329 e. The van der Waals surface area contributed by atoms with Gasteiger partial charge in [-0.15, -0.1) is 11.8 Å². The molecule has 1 aliphatic heterocycles. The molecule has 1 aliphatic rings. The van der Waals surface area contributed by atoms with Gasteiger partial charge in [-0.05, 0) is 5.41 Å². The largest absolute Gasteiger partial charge is 0.480 e. The van der Waals surface area contributed by atoms with Gasteiger partial charge in [0.25, 0.3) is 0 Å². The van der Waals surface area contributed by atoms with Crippen molar-refractivity contribution in [3.05, 3.63) is 0 Å². The van der Waals surface area contributed by atoms with Crippen LogP contribution < -0.4 is 5.32 Å². The normalized spacial score (nSPS) is 18.3. The van der Waals surface area contributed by atoms with Gasteiger partial charge in [-0.2, -0.15) is 0 Å². The first-order valence-corrected chi connectivity index (χ1v) is 8.30. The number of aliphatic carboxylic acids is 1. The van der Waals surface area contributed by atoms with Gasteiger partial charge in [-0.3, -0.25) is 9.59 Å². The summed E-state index contributed by atoms with van der Waals surface area (Å²) in [7, 11) is 0. The van der Waals surface area contributed by atoms with Gasteiger partial charge in [0.2, 0.25) is 11.8 Å². The number of ether oxygens (including phenoxy) is 1. The van der Waals surface area contributed by atoms with Crippen LogP contribution >= 0.6 is 11.8 Å². The number of carboxylic acid groups (broad SMARTS) is 1. The van der Waals surface area contributed by atoms with Crippen LogP contribution in [0.3, 0.4) is 0 Å². The first-order valence-electron chi connectivity index (χ1n) is 7.15. The van der Waals surface area contributed by atoms with E-state index in [0.29, 0.717) is 18.1 Å². The molecule has 0 aromatic heterocycles. The monoisotopic (exact) mass is 332 g/mol. The van der Waals surface area contributed by atoms with Gasteiger partial charge < -0.3 is 20.1 Å². The average molecular weight is 332 g/mol. The lowest BCUT2D eigenvalue weighted by Gasteiger charge is -2.26. The Kier molecular flexibility index (Phi) is 7.15. The molecule has 1 atom stereocenters. The van der Waals surface area contributed by atoms with E-state index in [4.69, 9.17) is 9.84 Å². The van der Waals surface area contributed by atoms with Crippen molar-refractivity contribution in [1.82, 2.24) is 10.2 Å². The van der Waals surface area contributed by atoms with Crippen LogP contribution in [-0.2, 0) is 19.1 Å². The molecular weight excluding hydrogens is 308 g/mol. The first kappa shape index (κ1) is 18.8. The second kappa shape index (κ2) is 8.38. The first-order chi connectivity index (χ1) is 10.2. The number of hydrogen-bond donors (Lipinski definition) is 2. The minimum atomic E-state index is -1.04. The molecule has 22 heavy (non-hydrogen) atoms. The van der Waals surface area contributed by atoms with E-state index in [0.717, 1.165) is 0 Å². The van der Waals surface area contributed by atoms with Gasteiger partial charge in [-0.25, -0.2) is 4.79 Å². The van der Waals surface area contributed by atoms with Gasteiger partial charge >= 0.3 is 5.97 Å². The van der Waals surface area contributed by atoms with Crippen LogP contribution in [0.2, 0.25) is 0 Å². The molecule has 2 amide bonds. The van der Waals surface area contributed by atoms with Gasteiger partial charge in [0, 0.05) is 18.7 Å². The third kappa shape index (κ3) is 6.65. The van der Waals surface area contributed by atoms with Crippen LogP contribution in [0.15, 0.2) is 0 Å². The standard InChI is InChI=1S/C14H24N2O5S/c1-14(2,3)6-11(17)16-9-22-8-10(16)13(20)15-4-5-21-7-12(18)19/h10H,4-9H2,1-3H3,(H,15,20)(H,18,19). The predicted molar refractivity (Wildman–Crippen MR) is 83.5 cm³/mol. The summed E-state index contributed by atoms with van der Waals surface area (Å²) in [6.45, 7) is 5.95. The van der Waals surface area contributed by atoms with E-state index in [1.807, 2.05) is 20.8 Å². The van der Waals surface area contributed by atoms with Crippen molar-refractivity contribution >= 4 is 29.5 Å². The highest BCUT2D eigenvalue weighted by molar-refractivity contribution is 7.99. The summed E-state index contributed by atoms with van der Waals surface area (Å²) in [6, 6.07) is -0.459. The fourth-order valence-corrected chi connectivity index (χ4v) is 3.17. The summed E-state index contributed by atoms with van der Waals surface area (Å²) in [6.07, 6.45) is 0.402. The molecule has 126 valence electrons. The molecule has 0 spiro atoms. The van der Waals surface area contributed by atoms with E-state index in [1.54, 1.807) is 16.7 Å². The maximum absolute atomic E-state index is 12.3. The molecule has 2 N–H and O–H groups in total. The van der Waals surface area contributed by atoms with E-state index in [2.05, 4.69) is 5.32 Å². The Morgan fingerprint density at radius 1 is 1.36 bits per heavy atom. The lowest BCUT2D eigenvalue weighted by Crippen LogP contribution is -2.48. The van der Waals surface area contributed by atoms with Gasteiger partial charge in [0.1, 0.15) is 12.6 Å². The number of carboxylic acids is 1. The Labute approximate surface area is 134 Å². The topological polar surface area (TPSA) is 95.9 Å². The molecule has 7 nitrogen and oxygen atoms in total. The van der Waals surface area contributed by atoms with Crippen LogP contribution in [0.5, 0.6) is 0 Å². The minimum absolute atomic E-state index is 0.0141. The molecule has 1 saturated heterocycles. The number of carbonyl (C=O) groups is 3. The highest BCUT2D eigenvalue weighted by Gasteiger charge is 2.35. The second-order valence-electron chi connectivity index (χ2n) is 6.35. The van der Waals surface area contributed by atoms with Crippen molar-refractivity contribution in [1.29, 1.82) is 0 Å². The van der Waals surface area contributed by atoms with Crippen LogP contribution in [0.25, 0.3) is 0 Å². The molecule has 1 fully saturated rings. The van der Waals surface area contributed by atoms with Crippen LogP contribution in [0.4, 0.5) is 0 Å². The quantitative estimate of drug-likeness (QED) is 0.661. The number of hydrogen-bond acceptors (Lipinski definition) is 5. The summed E-state index contributed by atoms with van der Waals surface area (Å²) in [4.78, 5) is 36.3. The fraction of sp³-hybridized carbons (Fsp3) is 0.786. The number of amides is 2. The molecule has 8 heteroatoms. The van der Waals surface area contributed by atoms with E-state index in [9.17, 15) is 14.4 Å². The van der Waals surface area contributed by atoms with Crippen LogP contribution in [0.1, 0.15) is 27.2 Å². The van der Waals surface area contributed by atoms with E-state index < -0.39 is 12.0 Å². The van der Waals surface area contributed by atoms with Crippen molar-refractivity contribution < 1.29 is 24.2 Å². The summed E-state index contributed by atoms with van der Waals surface area (Å²) in [5.74, 6) is -0.163. The molecule has 0 aliphatic carbocycles. The Bertz CT molecular complexity index is 422. The zero-order valence-corrected chi connectivity index (χ0v) is 14.1. The maximum atomic E-state index is 12.3. The predicted octanol–water partition coefficient (Wildman–Crippen LogP) is 0.542. The van der Waals surface area contributed by atoms with Gasteiger partial charge in [0.05, 0.1) is 12.5 Å². The van der Waals surface area contributed by atoms with Crippen molar-refractivity contribution in [3.8, 4) is 0 Å². The Balaban J connectivity index is 2.40. The van der Waals surface area contributed by atoms with Crippen molar-refractivity contribution in [2.45, 2.75) is 33.2 Å². The fourth-order valence-electron chi connectivity index (χ4n) is 1.98. The molecule has 0 saturated carbocycles. The number of nitrogens with one attached hydrogen (secondary N) is 1. The average Bonchev–Trinajstić information content (AvgIpc) is 2.84. The molecule has 1 heterocycles. The summed E-state index contributed by atoms with van der Waals surface area (Å²) >= 11 is 1.56. The molecule has 1 unspecified atom stereocenters. The van der Waals surface area contributed by atoms with Crippen LogP contribution in [0, 0.1) is 5.41 Å². The molecule has 1 rings (SSSR count). The molecular formula is C14H24N2O5S. The number of nitrogens with zero attached hydrogens (tertiary/aromatic N) is 1. The Morgan fingerprint density at radius 2 is 2.05 bits per heavy atom. The van der Waals surface area contributed by atoms with Gasteiger partial charge in [-0.1, -0.05) is 20.8 Å². The third-order valence-electron chi connectivity index (χ3n) is 2.96. The second-order valence-corrected chi connectivity index (χ2v) is 7.35. The maximum Gasteiger partial charge on any atom is 0.329 e. The third-order valence-corrected chi connectivity index (χ3v) is 3.97. The summed E-state index contributed by atoms with van der Waals surface area (Å²) in [5.41, 5.74) is -0.115. The summed E-state index contributed by atoms with van der Waals surface area (Å²) in [5, 5.41) is 11.1. The molecule has 0 bridgehead atoms. The highest BCUT2D eigenvalue weighted by atomic mass is 32.2. The SMILES string of the molecule is CC(C)(C)CC(=O)N1CSCC1C(=O)NCCOCC(=O)O. The van der Waals surface area contributed by atoms with Crippen molar-refractivity contribution in [2.75, 3.05) is 31.4 Å². The Hall–Kier alpha value is -1.28. The van der Waals surface area contributed by atoms with Crippen molar-refractivity contribution in [2.24, 2.45) is 5.41 Å². The lowest BCUT2D eigenvalue weighted by molar-refractivity contribution is -0.142. The molecule has 0 aromatic carbocycles. The number of thioether (sulfide) groups is 1. The van der Waals surface area contributed by atoms with Crippen molar-refractivity contribution in [3.63, 3.8) is 0 Å². The zero-order chi connectivity index (χ0) is 16.8. The van der Waals surface area contributed by atoms with E-state index >= 15 is 0 Å². The lowest BCUT2D eigenvalue weighted by atomic mass is 9.91. The number of carbonyl (C=O) groups excluding carboxylic acids is 2. The van der Waals surface area contributed by atoms with Gasteiger partial charge in [0.15, 0.2) is 0 Å². The summed E-state index contributed by atoms with van der Waals surface area (Å²) < 4.78 is 4.85. The van der Waals surface area contributed by atoms with E-state index in [1.165, 1.54) is 0 Å². The molecule has 0 aromatic rings. The van der Waals surface area contributed by atoms with Crippen LogP contribution in [-0.4, -0.2) is 65.2 Å². The minimum Gasteiger partial charge on any atom is -0.480 e. The van der Waals surface area contributed by atoms with E-state index in [-0.39, 0.29) is 37.0 Å². The Morgan fingerprint density at radius 3 is 2.64 bits per heavy atom. The molecule has 0 radical (unpaired) electrons. The zero-order valence-electron chi connectivity index (χ0n) is 13.3.